The largest absolute Gasteiger partial charge is 0.399 e. The second-order valence-corrected chi connectivity index (χ2v) is 5.91. The predicted molar refractivity (Wildman–Crippen MR) is 71.7 cm³/mol. The van der Waals surface area contributed by atoms with Gasteiger partial charge in [-0.25, -0.2) is 0 Å². The summed E-state index contributed by atoms with van der Waals surface area (Å²) in [6.45, 7) is 2.12. The van der Waals surface area contributed by atoms with E-state index in [2.05, 4.69) is 13.0 Å². The summed E-state index contributed by atoms with van der Waals surface area (Å²) >= 11 is 1.93. The van der Waals surface area contributed by atoms with E-state index in [0.29, 0.717) is 11.3 Å². The maximum absolute atomic E-state index is 6.16. The molecule has 2 atom stereocenters. The summed E-state index contributed by atoms with van der Waals surface area (Å²) in [4.78, 5) is 1.33. The Hall–Kier alpha value is -0.670. The van der Waals surface area contributed by atoms with Gasteiger partial charge < -0.3 is 11.5 Å². The first-order chi connectivity index (χ1) is 7.66. The highest BCUT2D eigenvalue weighted by molar-refractivity contribution is 8.00. The van der Waals surface area contributed by atoms with Gasteiger partial charge in [0.15, 0.2) is 0 Å². The summed E-state index contributed by atoms with van der Waals surface area (Å²) in [5, 5.41) is 0.580. The number of nitrogen functional groups attached to an aromatic ring is 1. The summed E-state index contributed by atoms with van der Waals surface area (Å²) in [7, 11) is 0. The van der Waals surface area contributed by atoms with Crippen molar-refractivity contribution in [3.8, 4) is 0 Å². The number of thioether (sulfide) groups is 1. The second kappa shape index (κ2) is 5.11. The molecule has 0 spiro atoms. The van der Waals surface area contributed by atoms with Crippen molar-refractivity contribution in [1.29, 1.82) is 0 Å². The number of hydrogen-bond donors (Lipinski definition) is 2. The van der Waals surface area contributed by atoms with Gasteiger partial charge in [0.1, 0.15) is 0 Å². The average molecular weight is 236 g/mol. The Bertz CT molecular complexity index is 365. The van der Waals surface area contributed by atoms with E-state index in [1.54, 1.807) is 0 Å². The average Bonchev–Trinajstić information content (AvgIpc) is 2.25. The van der Waals surface area contributed by atoms with Crippen LogP contribution in [-0.2, 0) is 0 Å². The molecule has 0 aromatic heterocycles. The third-order valence-corrected chi connectivity index (χ3v) is 4.83. The molecule has 1 aromatic rings. The van der Waals surface area contributed by atoms with Crippen molar-refractivity contribution >= 4 is 17.4 Å². The third kappa shape index (κ3) is 2.71. The number of anilines is 1. The highest BCUT2D eigenvalue weighted by Crippen LogP contribution is 2.35. The molecule has 1 aromatic carbocycles. The maximum atomic E-state index is 6.16. The van der Waals surface area contributed by atoms with Gasteiger partial charge in [-0.2, -0.15) is 0 Å². The van der Waals surface area contributed by atoms with Crippen molar-refractivity contribution in [3.63, 3.8) is 0 Å². The Kier molecular flexibility index (Phi) is 3.77. The Balaban J connectivity index is 2.07. The summed E-state index contributed by atoms with van der Waals surface area (Å²) in [6.07, 6.45) is 5.03. The van der Waals surface area contributed by atoms with E-state index in [-0.39, 0.29) is 0 Å². The van der Waals surface area contributed by atoms with Crippen LogP contribution in [0.5, 0.6) is 0 Å². The summed E-state index contributed by atoms with van der Waals surface area (Å²) in [5.41, 5.74) is 14.0. The fourth-order valence-corrected chi connectivity index (χ4v) is 3.55. The number of benzene rings is 1. The minimum absolute atomic E-state index is 0.357. The molecular weight excluding hydrogens is 216 g/mol. The monoisotopic (exact) mass is 236 g/mol. The molecule has 3 heteroatoms. The molecule has 1 fully saturated rings. The molecule has 0 heterocycles. The molecule has 16 heavy (non-hydrogen) atoms. The third-order valence-electron chi connectivity index (χ3n) is 3.23. The van der Waals surface area contributed by atoms with Gasteiger partial charge in [0, 0.05) is 21.9 Å². The first kappa shape index (κ1) is 11.8. The van der Waals surface area contributed by atoms with E-state index < -0.39 is 0 Å². The molecule has 2 unspecified atom stereocenters. The topological polar surface area (TPSA) is 52.0 Å². The zero-order chi connectivity index (χ0) is 11.5. The fraction of sp³-hybridized carbons (Fsp3) is 0.538. The van der Waals surface area contributed by atoms with Crippen molar-refractivity contribution in [1.82, 2.24) is 0 Å². The standard InChI is InChI=1S/C13H20N2S/c1-9-8-10(14)6-7-12(9)16-13-5-3-2-4-11(13)15/h6-8,11,13H,2-5,14-15H2,1H3. The minimum Gasteiger partial charge on any atom is -0.399 e. The molecule has 0 bridgehead atoms. The highest BCUT2D eigenvalue weighted by atomic mass is 32.2. The van der Waals surface area contributed by atoms with Gasteiger partial charge in [-0.3, -0.25) is 0 Å². The molecule has 2 nitrogen and oxygen atoms in total. The van der Waals surface area contributed by atoms with E-state index in [1.807, 2.05) is 23.9 Å². The van der Waals surface area contributed by atoms with Gasteiger partial charge >= 0.3 is 0 Å². The zero-order valence-electron chi connectivity index (χ0n) is 9.78. The first-order valence-electron chi connectivity index (χ1n) is 5.95. The molecule has 4 N–H and O–H groups in total. The van der Waals surface area contributed by atoms with Crippen LogP contribution in [-0.4, -0.2) is 11.3 Å². The van der Waals surface area contributed by atoms with E-state index in [1.165, 1.54) is 36.1 Å². The smallest absolute Gasteiger partial charge is 0.0317 e. The molecular formula is C13H20N2S. The Labute approximate surface area is 102 Å². The summed E-state index contributed by atoms with van der Waals surface area (Å²) in [6, 6.07) is 6.49. The van der Waals surface area contributed by atoms with Crippen LogP contribution < -0.4 is 11.5 Å². The zero-order valence-corrected chi connectivity index (χ0v) is 10.6. The van der Waals surface area contributed by atoms with E-state index in [0.717, 1.165) is 5.69 Å². The molecule has 0 aliphatic heterocycles. The van der Waals surface area contributed by atoms with Crippen molar-refractivity contribution in [2.24, 2.45) is 5.73 Å². The molecule has 0 saturated heterocycles. The molecule has 0 amide bonds. The predicted octanol–water partition coefficient (Wildman–Crippen LogP) is 2.94. The molecule has 0 radical (unpaired) electrons. The van der Waals surface area contributed by atoms with Crippen LogP contribution in [0.25, 0.3) is 0 Å². The highest BCUT2D eigenvalue weighted by Gasteiger charge is 2.23. The molecule has 1 saturated carbocycles. The lowest BCUT2D eigenvalue weighted by Crippen LogP contribution is -2.35. The number of aryl methyl sites for hydroxylation is 1. The Morgan fingerprint density at radius 1 is 1.25 bits per heavy atom. The Morgan fingerprint density at radius 2 is 2.00 bits per heavy atom. The first-order valence-corrected chi connectivity index (χ1v) is 6.83. The van der Waals surface area contributed by atoms with Gasteiger partial charge in [-0.15, -0.1) is 11.8 Å². The van der Waals surface area contributed by atoms with E-state index in [4.69, 9.17) is 11.5 Å². The van der Waals surface area contributed by atoms with Crippen LogP contribution >= 0.6 is 11.8 Å². The lowest BCUT2D eigenvalue weighted by Gasteiger charge is -2.28. The van der Waals surface area contributed by atoms with Gasteiger partial charge in [0.2, 0.25) is 0 Å². The van der Waals surface area contributed by atoms with Gasteiger partial charge in [0.25, 0.3) is 0 Å². The maximum Gasteiger partial charge on any atom is 0.0317 e. The van der Waals surface area contributed by atoms with Crippen LogP contribution in [0, 0.1) is 6.92 Å². The molecule has 1 aliphatic carbocycles. The van der Waals surface area contributed by atoms with Crippen LogP contribution in [0.15, 0.2) is 23.1 Å². The van der Waals surface area contributed by atoms with Crippen molar-refractivity contribution in [3.05, 3.63) is 23.8 Å². The fourth-order valence-electron chi connectivity index (χ4n) is 2.24. The lowest BCUT2D eigenvalue weighted by molar-refractivity contribution is 0.453. The molecule has 1 aliphatic rings. The summed E-state index contributed by atoms with van der Waals surface area (Å²) in [5.74, 6) is 0. The quantitative estimate of drug-likeness (QED) is 0.776. The van der Waals surface area contributed by atoms with Crippen molar-refractivity contribution in [2.45, 2.75) is 48.8 Å². The number of rotatable bonds is 2. The van der Waals surface area contributed by atoms with Crippen LogP contribution in [0.2, 0.25) is 0 Å². The van der Waals surface area contributed by atoms with E-state index in [9.17, 15) is 0 Å². The summed E-state index contributed by atoms with van der Waals surface area (Å²) < 4.78 is 0. The normalized spacial score (nSPS) is 25.6. The number of nitrogens with two attached hydrogens (primary N) is 2. The molecule has 2 rings (SSSR count). The van der Waals surface area contributed by atoms with Gasteiger partial charge in [-0.1, -0.05) is 12.8 Å². The van der Waals surface area contributed by atoms with Crippen LogP contribution in [0.4, 0.5) is 5.69 Å². The van der Waals surface area contributed by atoms with Crippen molar-refractivity contribution in [2.75, 3.05) is 5.73 Å². The SMILES string of the molecule is Cc1cc(N)ccc1SC1CCCCC1N. The van der Waals surface area contributed by atoms with E-state index >= 15 is 0 Å². The minimum atomic E-state index is 0.357. The Morgan fingerprint density at radius 3 is 2.69 bits per heavy atom. The van der Waals surface area contributed by atoms with Crippen molar-refractivity contribution < 1.29 is 0 Å². The van der Waals surface area contributed by atoms with Crippen LogP contribution in [0.1, 0.15) is 31.2 Å². The van der Waals surface area contributed by atoms with Crippen LogP contribution in [0.3, 0.4) is 0 Å². The van der Waals surface area contributed by atoms with Gasteiger partial charge in [0.05, 0.1) is 0 Å². The number of hydrogen-bond acceptors (Lipinski definition) is 3. The molecule has 88 valence electrons. The van der Waals surface area contributed by atoms with Gasteiger partial charge in [-0.05, 0) is 43.5 Å². The lowest BCUT2D eigenvalue weighted by atomic mass is 9.96. The second-order valence-electron chi connectivity index (χ2n) is 4.63.